The lowest BCUT2D eigenvalue weighted by molar-refractivity contribution is -0.137. The molecular weight excluding hydrogens is 206 g/mol. The topological polar surface area (TPSA) is 47.0 Å². The van der Waals surface area contributed by atoms with Crippen LogP contribution in [0, 0.1) is 0 Å². The van der Waals surface area contributed by atoms with Crippen molar-refractivity contribution in [3.63, 3.8) is 0 Å². The Hall–Kier alpha value is -0.650. The van der Waals surface area contributed by atoms with Crippen LogP contribution in [0.3, 0.4) is 0 Å². The average molecular weight is 231 g/mol. The van der Waals surface area contributed by atoms with Crippen LogP contribution in [0.2, 0.25) is 0 Å². The minimum absolute atomic E-state index is 0.223. The number of hydrogen-bond donors (Lipinski definition) is 1. The largest absolute Gasteiger partial charge is 0.481 e. The zero-order valence-electron chi connectivity index (χ0n) is 10.9. The van der Waals surface area contributed by atoms with Gasteiger partial charge in [0.25, 0.3) is 0 Å². The second-order valence-corrected chi connectivity index (χ2v) is 4.59. The lowest BCUT2D eigenvalue weighted by Crippen LogP contribution is -2.37. The molecule has 0 heterocycles. The molecule has 0 saturated heterocycles. The van der Waals surface area contributed by atoms with Gasteiger partial charge in [-0.25, -0.2) is 0 Å². The molecule has 0 fully saturated rings. The van der Waals surface area contributed by atoms with E-state index in [9.17, 15) is 4.79 Å². The van der Waals surface area contributed by atoms with E-state index in [1.807, 2.05) is 28.2 Å². The molecule has 5 heteroatoms. The fraction of sp³-hybridized carbons (Fsp3) is 0.909. The number of nitrogens with zero attached hydrogens (tertiary/aromatic N) is 3. The Morgan fingerprint density at radius 3 is 1.62 bits per heavy atom. The molecule has 0 amide bonds. The van der Waals surface area contributed by atoms with E-state index in [-0.39, 0.29) is 6.42 Å². The van der Waals surface area contributed by atoms with Crippen LogP contribution >= 0.6 is 0 Å². The molecule has 0 aliphatic carbocycles. The molecule has 16 heavy (non-hydrogen) atoms. The Kier molecular flexibility index (Phi) is 8.15. The molecule has 0 radical (unpaired) electrons. The molecule has 5 nitrogen and oxygen atoms in total. The van der Waals surface area contributed by atoms with Crippen LogP contribution in [0.5, 0.6) is 0 Å². The van der Waals surface area contributed by atoms with Crippen molar-refractivity contribution >= 4 is 5.97 Å². The van der Waals surface area contributed by atoms with E-state index in [0.29, 0.717) is 6.54 Å². The highest BCUT2D eigenvalue weighted by Gasteiger charge is 2.08. The van der Waals surface area contributed by atoms with Crippen molar-refractivity contribution in [1.82, 2.24) is 14.7 Å². The highest BCUT2D eigenvalue weighted by molar-refractivity contribution is 5.66. The molecule has 0 spiro atoms. The number of aliphatic carboxylic acids is 1. The van der Waals surface area contributed by atoms with Gasteiger partial charge >= 0.3 is 5.97 Å². The Bertz CT molecular complexity index is 184. The van der Waals surface area contributed by atoms with E-state index in [0.717, 1.165) is 26.2 Å². The standard InChI is InChI=1S/C11H25N3O2/c1-12(2)7-9-14(6-5-11(15)16)10-8-13(3)4/h5-10H2,1-4H3,(H,15,16). The van der Waals surface area contributed by atoms with Gasteiger partial charge in [-0.2, -0.15) is 0 Å². The van der Waals surface area contributed by atoms with Crippen LogP contribution < -0.4 is 0 Å². The monoisotopic (exact) mass is 231 g/mol. The summed E-state index contributed by atoms with van der Waals surface area (Å²) in [5.74, 6) is -0.722. The predicted molar refractivity (Wildman–Crippen MR) is 65.8 cm³/mol. The first-order chi connectivity index (χ1) is 7.41. The van der Waals surface area contributed by atoms with Crippen molar-refractivity contribution in [1.29, 1.82) is 0 Å². The van der Waals surface area contributed by atoms with Crippen molar-refractivity contribution in [3.05, 3.63) is 0 Å². The molecule has 0 rings (SSSR count). The van der Waals surface area contributed by atoms with E-state index in [4.69, 9.17) is 5.11 Å². The van der Waals surface area contributed by atoms with Crippen molar-refractivity contribution in [2.45, 2.75) is 6.42 Å². The first-order valence-corrected chi connectivity index (χ1v) is 5.65. The van der Waals surface area contributed by atoms with Crippen molar-refractivity contribution in [2.75, 3.05) is 60.9 Å². The number of carboxylic acids is 1. The average Bonchev–Trinajstić information content (AvgIpc) is 2.15. The van der Waals surface area contributed by atoms with Crippen LogP contribution in [0.15, 0.2) is 0 Å². The van der Waals surface area contributed by atoms with Gasteiger partial charge in [-0.3, -0.25) is 4.79 Å². The molecule has 0 atom stereocenters. The predicted octanol–water partition coefficient (Wildman–Crippen LogP) is -0.114. The SMILES string of the molecule is CN(C)CCN(CCC(=O)O)CCN(C)C. The van der Waals surface area contributed by atoms with E-state index >= 15 is 0 Å². The molecule has 0 aliphatic rings. The van der Waals surface area contributed by atoms with Crippen LogP contribution in [-0.4, -0.2) is 86.7 Å². The Balaban J connectivity index is 3.89. The maximum Gasteiger partial charge on any atom is 0.304 e. The number of carbonyl (C=O) groups is 1. The Morgan fingerprint density at radius 2 is 1.31 bits per heavy atom. The highest BCUT2D eigenvalue weighted by atomic mass is 16.4. The molecule has 0 bridgehead atoms. The second-order valence-electron chi connectivity index (χ2n) is 4.59. The van der Waals surface area contributed by atoms with E-state index < -0.39 is 5.97 Å². The van der Waals surface area contributed by atoms with Crippen LogP contribution in [0.4, 0.5) is 0 Å². The van der Waals surface area contributed by atoms with Gasteiger partial charge in [0.2, 0.25) is 0 Å². The molecule has 0 aliphatic heterocycles. The molecule has 0 aromatic heterocycles. The van der Waals surface area contributed by atoms with Crippen LogP contribution in [0.1, 0.15) is 6.42 Å². The number of rotatable bonds is 9. The first-order valence-electron chi connectivity index (χ1n) is 5.65. The van der Waals surface area contributed by atoms with Gasteiger partial charge in [0.1, 0.15) is 0 Å². The fourth-order valence-corrected chi connectivity index (χ4v) is 1.27. The van der Waals surface area contributed by atoms with Crippen LogP contribution in [-0.2, 0) is 4.79 Å². The summed E-state index contributed by atoms with van der Waals surface area (Å²) in [6.45, 7) is 4.42. The third-order valence-electron chi connectivity index (χ3n) is 2.37. The lowest BCUT2D eigenvalue weighted by Gasteiger charge is -2.24. The van der Waals surface area contributed by atoms with Crippen molar-refractivity contribution < 1.29 is 9.90 Å². The summed E-state index contributed by atoms with van der Waals surface area (Å²) < 4.78 is 0. The lowest BCUT2D eigenvalue weighted by atomic mass is 10.3. The fourth-order valence-electron chi connectivity index (χ4n) is 1.27. The van der Waals surface area contributed by atoms with Gasteiger partial charge in [-0.05, 0) is 28.2 Å². The summed E-state index contributed by atoms with van der Waals surface area (Å²) in [4.78, 5) is 17.0. The van der Waals surface area contributed by atoms with Gasteiger partial charge in [0.15, 0.2) is 0 Å². The zero-order chi connectivity index (χ0) is 12.6. The molecule has 96 valence electrons. The molecule has 0 saturated carbocycles. The van der Waals surface area contributed by atoms with Gasteiger partial charge in [0.05, 0.1) is 6.42 Å². The second kappa shape index (κ2) is 8.50. The molecule has 0 aromatic rings. The van der Waals surface area contributed by atoms with Crippen LogP contribution in [0.25, 0.3) is 0 Å². The minimum atomic E-state index is -0.722. The smallest absolute Gasteiger partial charge is 0.304 e. The maximum atomic E-state index is 10.5. The van der Waals surface area contributed by atoms with Gasteiger partial charge in [0, 0.05) is 32.7 Å². The van der Waals surface area contributed by atoms with Crippen molar-refractivity contribution in [2.24, 2.45) is 0 Å². The molecular formula is C11H25N3O2. The summed E-state index contributed by atoms with van der Waals surface area (Å²) >= 11 is 0. The van der Waals surface area contributed by atoms with E-state index in [2.05, 4.69) is 14.7 Å². The summed E-state index contributed by atoms with van der Waals surface area (Å²) in [5, 5.41) is 8.67. The minimum Gasteiger partial charge on any atom is -0.481 e. The first kappa shape index (κ1) is 15.3. The highest BCUT2D eigenvalue weighted by Crippen LogP contribution is 1.93. The number of carboxylic acid groups (broad SMARTS) is 1. The van der Waals surface area contributed by atoms with Gasteiger partial charge < -0.3 is 19.8 Å². The number of hydrogen-bond acceptors (Lipinski definition) is 4. The summed E-state index contributed by atoms with van der Waals surface area (Å²) in [7, 11) is 8.12. The summed E-state index contributed by atoms with van der Waals surface area (Å²) in [6.07, 6.45) is 0.223. The Labute approximate surface area is 98.6 Å². The zero-order valence-corrected chi connectivity index (χ0v) is 10.9. The third-order valence-corrected chi connectivity index (χ3v) is 2.37. The van der Waals surface area contributed by atoms with Crippen molar-refractivity contribution in [3.8, 4) is 0 Å². The quantitative estimate of drug-likeness (QED) is 0.600. The normalized spacial score (nSPS) is 11.7. The molecule has 0 unspecified atom stereocenters. The summed E-state index contributed by atoms with van der Waals surface area (Å²) in [6, 6.07) is 0. The van der Waals surface area contributed by atoms with E-state index in [1.165, 1.54) is 0 Å². The summed E-state index contributed by atoms with van der Waals surface area (Å²) in [5.41, 5.74) is 0. The van der Waals surface area contributed by atoms with Gasteiger partial charge in [-0.15, -0.1) is 0 Å². The molecule has 0 aromatic carbocycles. The number of likely N-dealkylation sites (N-methyl/N-ethyl adjacent to an activating group) is 2. The van der Waals surface area contributed by atoms with Gasteiger partial charge in [-0.1, -0.05) is 0 Å². The molecule has 1 N–H and O–H groups in total. The Morgan fingerprint density at radius 1 is 0.875 bits per heavy atom. The third kappa shape index (κ3) is 9.89. The maximum absolute atomic E-state index is 10.5. The van der Waals surface area contributed by atoms with E-state index in [1.54, 1.807) is 0 Å².